The fraction of sp³-hybridized carbons (Fsp3) is 0.800. The first kappa shape index (κ1) is 12.3. The van der Waals surface area contributed by atoms with E-state index in [1.165, 1.54) is 6.21 Å². The van der Waals surface area contributed by atoms with Crippen molar-refractivity contribution in [3.05, 3.63) is 0 Å². The molecule has 5 heteroatoms. The smallest absolute Gasteiger partial charge is 0.317 e. The standard InChI is InChI=1S/C3H10O2Si.C2H5NO/c1-4-6(3)5-2;1-2-3-4/h6H,1-3H3;2,4H,1H3. The van der Waals surface area contributed by atoms with Crippen molar-refractivity contribution in [3.8, 4) is 0 Å². The third kappa shape index (κ3) is 15.6. The molecule has 0 heterocycles. The molecule has 0 rings (SSSR count). The van der Waals surface area contributed by atoms with E-state index in [4.69, 9.17) is 14.1 Å². The first-order valence-corrected chi connectivity index (χ1v) is 5.00. The lowest BCUT2D eigenvalue weighted by atomic mass is 10.9. The predicted molar refractivity (Wildman–Crippen MR) is 43.0 cm³/mol. The summed E-state index contributed by atoms with van der Waals surface area (Å²) in [7, 11) is 2.17. The number of hydrogen-bond acceptors (Lipinski definition) is 4. The second kappa shape index (κ2) is 11.4. The molecule has 10 heavy (non-hydrogen) atoms. The number of nitrogens with zero attached hydrogens (tertiary/aromatic N) is 1. The molecule has 0 aliphatic heterocycles. The molecule has 62 valence electrons. The molecule has 0 amide bonds. The van der Waals surface area contributed by atoms with Gasteiger partial charge in [-0.05, 0) is 13.5 Å². The molecule has 4 nitrogen and oxygen atoms in total. The van der Waals surface area contributed by atoms with Crippen LogP contribution in [0.2, 0.25) is 6.55 Å². The molecule has 0 aromatic rings. The van der Waals surface area contributed by atoms with Crippen LogP contribution in [0, 0.1) is 0 Å². The zero-order valence-corrected chi connectivity index (χ0v) is 8.02. The Balaban J connectivity index is 0. The molecule has 0 aromatic heterocycles. The van der Waals surface area contributed by atoms with Gasteiger partial charge in [0.2, 0.25) is 0 Å². The highest BCUT2D eigenvalue weighted by molar-refractivity contribution is 6.42. The molecule has 0 atom stereocenters. The summed E-state index contributed by atoms with van der Waals surface area (Å²) in [5, 5.41) is 10.1. The normalized spacial score (nSPS) is 9.70. The molecular formula is C5H15NO3Si. The van der Waals surface area contributed by atoms with Crippen molar-refractivity contribution >= 4 is 15.5 Å². The lowest BCUT2D eigenvalue weighted by molar-refractivity contribution is 0.285. The van der Waals surface area contributed by atoms with Crippen molar-refractivity contribution in [1.82, 2.24) is 0 Å². The summed E-state index contributed by atoms with van der Waals surface area (Å²) in [6, 6.07) is 0. The van der Waals surface area contributed by atoms with Gasteiger partial charge in [0.25, 0.3) is 0 Å². The fourth-order valence-corrected chi connectivity index (χ4v) is 0.289. The fourth-order valence-electron chi connectivity index (χ4n) is 0.0962. The molecule has 0 aliphatic rings. The van der Waals surface area contributed by atoms with Crippen LogP contribution in [-0.2, 0) is 8.85 Å². The third-order valence-corrected chi connectivity index (χ3v) is 2.11. The van der Waals surface area contributed by atoms with E-state index in [1.807, 2.05) is 6.55 Å². The molecule has 0 aromatic carbocycles. The minimum Gasteiger partial charge on any atom is -0.411 e. The molecule has 0 unspecified atom stereocenters. The van der Waals surface area contributed by atoms with Gasteiger partial charge in [0.15, 0.2) is 0 Å². The van der Waals surface area contributed by atoms with E-state index < -0.39 is 9.28 Å². The minimum atomic E-state index is -1.16. The average Bonchev–Trinajstić information content (AvgIpc) is 2.03. The zero-order valence-electron chi connectivity index (χ0n) is 6.87. The van der Waals surface area contributed by atoms with Gasteiger partial charge < -0.3 is 14.1 Å². The van der Waals surface area contributed by atoms with Crippen LogP contribution < -0.4 is 0 Å². The monoisotopic (exact) mass is 165 g/mol. The van der Waals surface area contributed by atoms with E-state index >= 15 is 0 Å². The zero-order chi connectivity index (χ0) is 8.41. The molecule has 0 spiro atoms. The van der Waals surface area contributed by atoms with Gasteiger partial charge in [-0.2, -0.15) is 0 Å². The van der Waals surface area contributed by atoms with Gasteiger partial charge in [0, 0.05) is 20.4 Å². The maximum absolute atomic E-state index is 7.44. The summed E-state index contributed by atoms with van der Waals surface area (Å²) in [5.41, 5.74) is 0. The Hall–Kier alpha value is -0.393. The van der Waals surface area contributed by atoms with Crippen LogP contribution in [0.4, 0.5) is 0 Å². The van der Waals surface area contributed by atoms with Gasteiger partial charge in [0.1, 0.15) is 0 Å². The Labute approximate surface area is 63.3 Å². The predicted octanol–water partition coefficient (Wildman–Crippen LogP) is 0.596. The maximum Gasteiger partial charge on any atom is 0.317 e. The molecule has 0 aliphatic carbocycles. The quantitative estimate of drug-likeness (QED) is 0.282. The molecule has 0 saturated carbocycles. The Morgan fingerprint density at radius 3 is 1.70 bits per heavy atom. The number of rotatable bonds is 2. The molecule has 0 fully saturated rings. The molecule has 1 N–H and O–H groups in total. The summed E-state index contributed by atoms with van der Waals surface area (Å²) in [6.07, 6.45) is 1.31. The van der Waals surface area contributed by atoms with Crippen molar-refractivity contribution < 1.29 is 14.1 Å². The van der Waals surface area contributed by atoms with Gasteiger partial charge in [-0.3, -0.25) is 0 Å². The summed E-state index contributed by atoms with van der Waals surface area (Å²) in [5.74, 6) is 0. The second-order valence-corrected chi connectivity index (χ2v) is 3.49. The van der Waals surface area contributed by atoms with Crippen LogP contribution in [-0.4, -0.2) is 34.9 Å². The summed E-state index contributed by atoms with van der Waals surface area (Å²) in [4.78, 5) is 0. The third-order valence-electron chi connectivity index (χ3n) is 0.779. The van der Waals surface area contributed by atoms with Gasteiger partial charge in [-0.1, -0.05) is 0 Å². The summed E-state index contributed by atoms with van der Waals surface area (Å²) < 4.78 is 9.63. The van der Waals surface area contributed by atoms with Crippen LogP contribution in [0.1, 0.15) is 6.92 Å². The molecule has 0 radical (unpaired) electrons. The highest BCUT2D eigenvalue weighted by atomic mass is 28.3. The average molecular weight is 165 g/mol. The van der Waals surface area contributed by atoms with E-state index in [0.717, 1.165) is 0 Å². The van der Waals surface area contributed by atoms with Crippen molar-refractivity contribution in [2.45, 2.75) is 13.5 Å². The maximum atomic E-state index is 7.44. The second-order valence-electron chi connectivity index (χ2n) is 1.41. The summed E-state index contributed by atoms with van der Waals surface area (Å²) >= 11 is 0. The topological polar surface area (TPSA) is 51.1 Å². The van der Waals surface area contributed by atoms with Crippen molar-refractivity contribution in [2.24, 2.45) is 5.16 Å². The Morgan fingerprint density at radius 2 is 1.70 bits per heavy atom. The first-order valence-electron chi connectivity index (χ1n) is 2.90. The highest BCUT2D eigenvalue weighted by Gasteiger charge is 1.94. The molecular weight excluding hydrogens is 150 g/mol. The minimum absolute atomic E-state index is 1.16. The summed E-state index contributed by atoms with van der Waals surface area (Å²) in [6.45, 7) is 3.61. The Morgan fingerprint density at radius 1 is 1.40 bits per heavy atom. The number of hydrogen-bond donors (Lipinski definition) is 1. The van der Waals surface area contributed by atoms with E-state index in [0.29, 0.717) is 0 Å². The van der Waals surface area contributed by atoms with E-state index in [9.17, 15) is 0 Å². The van der Waals surface area contributed by atoms with Crippen molar-refractivity contribution in [2.75, 3.05) is 14.2 Å². The Kier molecular flexibility index (Phi) is 14.0. The number of oxime groups is 1. The highest BCUT2D eigenvalue weighted by Crippen LogP contribution is 1.77. The van der Waals surface area contributed by atoms with Crippen molar-refractivity contribution in [1.29, 1.82) is 0 Å². The van der Waals surface area contributed by atoms with Gasteiger partial charge in [-0.25, -0.2) is 0 Å². The van der Waals surface area contributed by atoms with E-state index in [2.05, 4.69) is 5.16 Å². The molecule has 0 saturated heterocycles. The van der Waals surface area contributed by atoms with Crippen LogP contribution in [0.15, 0.2) is 5.16 Å². The lowest BCUT2D eigenvalue weighted by Gasteiger charge is -2.00. The van der Waals surface area contributed by atoms with E-state index in [1.54, 1.807) is 21.1 Å². The van der Waals surface area contributed by atoms with Crippen molar-refractivity contribution in [3.63, 3.8) is 0 Å². The van der Waals surface area contributed by atoms with Crippen LogP contribution in [0.5, 0.6) is 0 Å². The first-order chi connectivity index (χ1) is 4.72. The molecule has 0 bridgehead atoms. The van der Waals surface area contributed by atoms with Crippen LogP contribution in [0.25, 0.3) is 0 Å². The van der Waals surface area contributed by atoms with Crippen LogP contribution >= 0.6 is 0 Å². The van der Waals surface area contributed by atoms with Crippen LogP contribution in [0.3, 0.4) is 0 Å². The largest absolute Gasteiger partial charge is 0.411 e. The Bertz CT molecular complexity index is 71.3. The lowest BCUT2D eigenvalue weighted by Crippen LogP contribution is -2.12. The van der Waals surface area contributed by atoms with Gasteiger partial charge >= 0.3 is 9.28 Å². The SMILES string of the molecule is CC=NO.CO[SiH](C)OC. The van der Waals surface area contributed by atoms with Gasteiger partial charge in [-0.15, -0.1) is 5.16 Å². The van der Waals surface area contributed by atoms with E-state index in [-0.39, 0.29) is 0 Å². The van der Waals surface area contributed by atoms with Gasteiger partial charge in [0.05, 0.1) is 0 Å².